The van der Waals surface area contributed by atoms with Gasteiger partial charge in [-0.2, -0.15) is 13.2 Å². The molecule has 0 amide bonds. The molecule has 2 aromatic heterocycles. The van der Waals surface area contributed by atoms with E-state index in [9.17, 15) is 13.2 Å². The van der Waals surface area contributed by atoms with Gasteiger partial charge in [-0.25, -0.2) is 4.98 Å². The summed E-state index contributed by atoms with van der Waals surface area (Å²) in [7, 11) is 0. The van der Waals surface area contributed by atoms with Crippen LogP contribution in [0.5, 0.6) is 0 Å². The smallest absolute Gasteiger partial charge is 0.330 e. The fourth-order valence-electron chi connectivity index (χ4n) is 2.54. The molecule has 0 fully saturated rings. The zero-order chi connectivity index (χ0) is 16.6. The van der Waals surface area contributed by atoms with Crippen molar-refractivity contribution in [2.45, 2.75) is 12.6 Å². The molecule has 0 radical (unpaired) electrons. The van der Waals surface area contributed by atoms with Crippen LogP contribution >= 0.6 is 11.6 Å². The van der Waals surface area contributed by atoms with E-state index in [1.54, 1.807) is 4.57 Å². The Morgan fingerprint density at radius 2 is 1.96 bits per heavy atom. The van der Waals surface area contributed by atoms with E-state index in [0.717, 1.165) is 28.7 Å². The highest BCUT2D eigenvalue weighted by Gasteiger charge is 2.31. The van der Waals surface area contributed by atoms with Gasteiger partial charge in [-0.05, 0) is 30.7 Å². The maximum absolute atomic E-state index is 12.7. The lowest BCUT2D eigenvalue weighted by Crippen LogP contribution is -2.07. The molecule has 0 unspecified atom stereocenters. The van der Waals surface area contributed by atoms with Gasteiger partial charge in [0.2, 0.25) is 0 Å². The SMILES string of the molecule is NCCc1cn(-c2ncc(C(F)(F)F)cc2Cl)c2ccccc12. The summed E-state index contributed by atoms with van der Waals surface area (Å²) in [5.74, 6) is 0.263. The molecule has 3 nitrogen and oxygen atoms in total. The van der Waals surface area contributed by atoms with Crippen molar-refractivity contribution in [3.05, 3.63) is 58.9 Å². The average Bonchev–Trinajstić information content (AvgIpc) is 2.86. The first-order chi connectivity index (χ1) is 10.9. The Morgan fingerprint density at radius 3 is 2.61 bits per heavy atom. The molecule has 0 aliphatic rings. The molecule has 23 heavy (non-hydrogen) atoms. The summed E-state index contributed by atoms with van der Waals surface area (Å²) in [4.78, 5) is 3.92. The number of hydrogen-bond acceptors (Lipinski definition) is 2. The van der Waals surface area contributed by atoms with Crippen LogP contribution in [-0.2, 0) is 12.6 Å². The Bertz CT molecular complexity index is 855. The van der Waals surface area contributed by atoms with Crippen molar-refractivity contribution in [1.29, 1.82) is 0 Å². The van der Waals surface area contributed by atoms with Crippen LogP contribution in [0.15, 0.2) is 42.7 Å². The van der Waals surface area contributed by atoms with Gasteiger partial charge in [-0.15, -0.1) is 0 Å². The minimum Gasteiger partial charge on any atom is -0.330 e. The van der Waals surface area contributed by atoms with Crippen molar-refractivity contribution in [2.75, 3.05) is 6.54 Å². The van der Waals surface area contributed by atoms with E-state index >= 15 is 0 Å². The molecule has 0 saturated carbocycles. The second-order valence-corrected chi connectivity index (χ2v) is 5.51. The molecule has 0 aliphatic heterocycles. The van der Waals surface area contributed by atoms with Gasteiger partial charge in [0.15, 0.2) is 5.82 Å². The average molecular weight is 340 g/mol. The van der Waals surface area contributed by atoms with Crippen LogP contribution in [0.2, 0.25) is 5.02 Å². The number of halogens is 4. The van der Waals surface area contributed by atoms with Gasteiger partial charge in [0.05, 0.1) is 16.1 Å². The first-order valence-electron chi connectivity index (χ1n) is 6.94. The third-order valence-corrected chi connectivity index (χ3v) is 3.86. The molecule has 0 aliphatic carbocycles. The molecule has 1 aromatic carbocycles. The molecular weight excluding hydrogens is 327 g/mol. The first kappa shape index (κ1) is 15.8. The highest BCUT2D eigenvalue weighted by molar-refractivity contribution is 6.32. The molecule has 3 rings (SSSR count). The van der Waals surface area contributed by atoms with Gasteiger partial charge in [0, 0.05) is 17.8 Å². The van der Waals surface area contributed by atoms with Crippen LogP contribution in [0.1, 0.15) is 11.1 Å². The van der Waals surface area contributed by atoms with Crippen LogP contribution in [0.3, 0.4) is 0 Å². The molecule has 0 bridgehead atoms. The number of pyridine rings is 1. The highest BCUT2D eigenvalue weighted by Crippen LogP contribution is 2.33. The normalized spacial score (nSPS) is 12.0. The molecule has 0 spiro atoms. The Kier molecular flexibility index (Phi) is 4.04. The number of fused-ring (bicyclic) bond motifs is 1. The summed E-state index contributed by atoms with van der Waals surface area (Å²) in [5, 5.41) is 0.926. The zero-order valence-corrected chi connectivity index (χ0v) is 12.7. The van der Waals surface area contributed by atoms with E-state index in [0.29, 0.717) is 13.0 Å². The van der Waals surface area contributed by atoms with Crippen LogP contribution in [0.25, 0.3) is 16.7 Å². The molecule has 0 atom stereocenters. The van der Waals surface area contributed by atoms with Crippen molar-refractivity contribution >= 4 is 22.5 Å². The van der Waals surface area contributed by atoms with Gasteiger partial charge in [0.1, 0.15) is 0 Å². The van der Waals surface area contributed by atoms with Gasteiger partial charge >= 0.3 is 6.18 Å². The number of aromatic nitrogens is 2. The van der Waals surface area contributed by atoms with Crippen molar-refractivity contribution in [3.63, 3.8) is 0 Å². The van der Waals surface area contributed by atoms with Gasteiger partial charge < -0.3 is 5.73 Å². The number of nitrogens with two attached hydrogens (primary N) is 1. The maximum atomic E-state index is 12.7. The van der Waals surface area contributed by atoms with E-state index in [1.807, 2.05) is 30.5 Å². The lowest BCUT2D eigenvalue weighted by molar-refractivity contribution is -0.137. The lowest BCUT2D eigenvalue weighted by atomic mass is 10.1. The van der Waals surface area contributed by atoms with Crippen LogP contribution in [0, 0.1) is 0 Å². The standard InChI is InChI=1S/C16H13ClF3N3/c17-13-7-11(16(18,19)20)8-22-15(13)23-9-10(5-6-21)12-3-1-2-4-14(12)23/h1-4,7-9H,5-6,21H2. The van der Waals surface area contributed by atoms with E-state index in [2.05, 4.69) is 4.98 Å². The second-order valence-electron chi connectivity index (χ2n) is 5.11. The number of para-hydroxylation sites is 1. The Labute approximate surface area is 135 Å². The molecule has 7 heteroatoms. The van der Waals surface area contributed by atoms with E-state index in [1.165, 1.54) is 0 Å². The van der Waals surface area contributed by atoms with Crippen LogP contribution in [0.4, 0.5) is 13.2 Å². The third kappa shape index (κ3) is 2.92. The van der Waals surface area contributed by atoms with Crippen LogP contribution in [-0.4, -0.2) is 16.1 Å². The van der Waals surface area contributed by atoms with Crippen molar-refractivity contribution in [3.8, 4) is 5.82 Å². The fourth-order valence-corrected chi connectivity index (χ4v) is 2.80. The Balaban J connectivity index is 2.17. The number of benzene rings is 1. The lowest BCUT2D eigenvalue weighted by Gasteiger charge is -2.10. The van der Waals surface area contributed by atoms with E-state index in [4.69, 9.17) is 17.3 Å². The van der Waals surface area contributed by atoms with Crippen LogP contribution < -0.4 is 5.73 Å². The summed E-state index contributed by atoms with van der Waals surface area (Å²) < 4.78 is 39.9. The van der Waals surface area contributed by atoms with Crippen molar-refractivity contribution in [2.24, 2.45) is 5.73 Å². The molecular formula is C16H13ClF3N3. The van der Waals surface area contributed by atoms with Gasteiger partial charge in [-0.1, -0.05) is 29.8 Å². The molecule has 3 aromatic rings. The quantitative estimate of drug-likeness (QED) is 0.777. The predicted octanol–water partition coefficient (Wildman–Crippen LogP) is 4.20. The third-order valence-electron chi connectivity index (χ3n) is 3.59. The van der Waals surface area contributed by atoms with Crippen molar-refractivity contribution in [1.82, 2.24) is 9.55 Å². The maximum Gasteiger partial charge on any atom is 0.417 e. The first-order valence-corrected chi connectivity index (χ1v) is 7.31. The summed E-state index contributed by atoms with van der Waals surface area (Å²) in [6.07, 6.45) is -1.21. The predicted molar refractivity (Wildman–Crippen MR) is 83.8 cm³/mol. The fraction of sp³-hybridized carbons (Fsp3) is 0.188. The molecule has 2 N–H and O–H groups in total. The summed E-state index contributed by atoms with van der Waals surface area (Å²) >= 11 is 6.05. The minimum absolute atomic E-state index is 0.0557. The number of alkyl halides is 3. The monoisotopic (exact) mass is 339 g/mol. The summed E-state index contributed by atoms with van der Waals surface area (Å²) in [6, 6.07) is 8.44. The molecule has 120 valence electrons. The Morgan fingerprint density at radius 1 is 1.22 bits per heavy atom. The zero-order valence-electron chi connectivity index (χ0n) is 11.9. The second kappa shape index (κ2) is 5.86. The Hall–Kier alpha value is -2.05. The summed E-state index contributed by atoms with van der Waals surface area (Å²) in [6.45, 7) is 0.474. The topological polar surface area (TPSA) is 43.8 Å². The number of rotatable bonds is 3. The number of hydrogen-bond donors (Lipinski definition) is 1. The number of nitrogens with zero attached hydrogens (tertiary/aromatic N) is 2. The van der Waals surface area contributed by atoms with E-state index in [-0.39, 0.29) is 10.8 Å². The molecule has 2 heterocycles. The van der Waals surface area contributed by atoms with Gasteiger partial charge in [0.25, 0.3) is 0 Å². The highest BCUT2D eigenvalue weighted by atomic mass is 35.5. The van der Waals surface area contributed by atoms with Crippen molar-refractivity contribution < 1.29 is 13.2 Å². The molecule has 0 saturated heterocycles. The van der Waals surface area contributed by atoms with Gasteiger partial charge in [-0.3, -0.25) is 4.57 Å². The summed E-state index contributed by atoms with van der Waals surface area (Å²) in [5.41, 5.74) is 6.58. The largest absolute Gasteiger partial charge is 0.417 e. The van der Waals surface area contributed by atoms with E-state index < -0.39 is 11.7 Å². The minimum atomic E-state index is -4.47.